The predicted octanol–water partition coefficient (Wildman–Crippen LogP) is 1.95. The molecule has 14 heavy (non-hydrogen) atoms. The number of alkyl halides is 2. The van der Waals surface area contributed by atoms with Gasteiger partial charge in [0, 0.05) is 12.6 Å². The van der Waals surface area contributed by atoms with Gasteiger partial charge in [0.25, 0.3) is 6.43 Å². The average molecular weight is 223 g/mol. The van der Waals surface area contributed by atoms with Crippen LogP contribution in [0.2, 0.25) is 5.15 Å². The van der Waals surface area contributed by atoms with E-state index >= 15 is 0 Å². The number of aromatic nitrogens is 2. The maximum absolute atomic E-state index is 11.6. The Morgan fingerprint density at radius 3 is 2.93 bits per heavy atom. The van der Waals surface area contributed by atoms with Crippen LogP contribution in [0.15, 0.2) is 12.3 Å². The van der Waals surface area contributed by atoms with Crippen molar-refractivity contribution >= 4 is 11.6 Å². The van der Waals surface area contributed by atoms with E-state index in [0.717, 1.165) is 0 Å². The van der Waals surface area contributed by atoms with Crippen LogP contribution in [-0.2, 0) is 11.2 Å². The average Bonchev–Trinajstić information content (AvgIpc) is 2.12. The summed E-state index contributed by atoms with van der Waals surface area (Å²) in [7, 11) is 0. The van der Waals surface area contributed by atoms with Crippen LogP contribution in [0.4, 0.5) is 8.78 Å². The van der Waals surface area contributed by atoms with E-state index in [9.17, 15) is 8.78 Å². The lowest BCUT2D eigenvalue weighted by molar-refractivity contribution is 0.0183. The second-order valence-electron chi connectivity index (χ2n) is 2.51. The first-order valence-electron chi connectivity index (χ1n) is 4.02. The second-order valence-corrected chi connectivity index (χ2v) is 2.90. The zero-order valence-corrected chi connectivity index (χ0v) is 8.05. The first-order chi connectivity index (χ1) is 6.68. The molecular weight excluding hydrogens is 214 g/mol. The minimum absolute atomic E-state index is 0.171. The van der Waals surface area contributed by atoms with E-state index in [-0.39, 0.29) is 6.61 Å². The number of ether oxygens (including phenoxy) is 1. The summed E-state index contributed by atoms with van der Waals surface area (Å²) in [6.07, 6.45) is -0.541. The molecule has 0 unspecified atom stereocenters. The molecule has 0 saturated carbocycles. The van der Waals surface area contributed by atoms with Gasteiger partial charge in [-0.3, -0.25) is 0 Å². The van der Waals surface area contributed by atoms with Gasteiger partial charge < -0.3 is 4.74 Å². The van der Waals surface area contributed by atoms with Crippen LogP contribution in [0.5, 0.6) is 0 Å². The fourth-order valence-electron chi connectivity index (χ4n) is 0.831. The summed E-state index contributed by atoms with van der Waals surface area (Å²) < 4.78 is 28.0. The van der Waals surface area contributed by atoms with Crippen LogP contribution < -0.4 is 0 Å². The topological polar surface area (TPSA) is 35.0 Å². The molecule has 78 valence electrons. The molecule has 0 N–H and O–H groups in total. The van der Waals surface area contributed by atoms with Crippen molar-refractivity contribution in [2.45, 2.75) is 12.8 Å². The highest BCUT2D eigenvalue weighted by Gasteiger charge is 2.02. The van der Waals surface area contributed by atoms with E-state index in [0.29, 0.717) is 17.4 Å². The second kappa shape index (κ2) is 5.82. The van der Waals surface area contributed by atoms with Gasteiger partial charge in [0.05, 0.1) is 6.61 Å². The van der Waals surface area contributed by atoms with Crippen molar-refractivity contribution in [1.29, 1.82) is 0 Å². The van der Waals surface area contributed by atoms with Crippen molar-refractivity contribution in [2.24, 2.45) is 0 Å². The van der Waals surface area contributed by atoms with Crippen LogP contribution in [0.25, 0.3) is 0 Å². The van der Waals surface area contributed by atoms with Crippen molar-refractivity contribution in [2.75, 3.05) is 13.2 Å². The van der Waals surface area contributed by atoms with Crippen LogP contribution in [0.3, 0.4) is 0 Å². The van der Waals surface area contributed by atoms with E-state index in [1.807, 2.05) is 0 Å². The molecule has 0 atom stereocenters. The lowest BCUT2D eigenvalue weighted by atomic mass is 10.4. The summed E-state index contributed by atoms with van der Waals surface area (Å²) in [6, 6.07) is 1.55. The molecule has 1 rings (SSSR count). The van der Waals surface area contributed by atoms with Crippen LogP contribution in [-0.4, -0.2) is 29.6 Å². The Hall–Kier alpha value is -0.810. The van der Waals surface area contributed by atoms with Crippen LogP contribution in [0.1, 0.15) is 5.82 Å². The number of rotatable bonds is 5. The van der Waals surface area contributed by atoms with Crippen molar-refractivity contribution in [3.8, 4) is 0 Å². The summed E-state index contributed by atoms with van der Waals surface area (Å²) in [4.78, 5) is 7.77. The Morgan fingerprint density at radius 1 is 1.50 bits per heavy atom. The quantitative estimate of drug-likeness (QED) is 0.564. The largest absolute Gasteiger partial charge is 0.375 e. The third-order valence-electron chi connectivity index (χ3n) is 1.39. The molecule has 0 fully saturated rings. The molecule has 0 aliphatic heterocycles. The molecule has 0 aliphatic carbocycles. The predicted molar refractivity (Wildman–Crippen MR) is 47.6 cm³/mol. The van der Waals surface area contributed by atoms with Gasteiger partial charge in [-0.1, -0.05) is 11.6 Å². The van der Waals surface area contributed by atoms with Gasteiger partial charge in [-0.25, -0.2) is 18.7 Å². The van der Waals surface area contributed by atoms with Crippen LogP contribution in [0, 0.1) is 0 Å². The molecule has 3 nitrogen and oxygen atoms in total. The summed E-state index contributed by atoms with van der Waals surface area (Å²) in [5.74, 6) is 0.492. The fraction of sp³-hybridized carbons (Fsp3) is 0.500. The van der Waals surface area contributed by atoms with Gasteiger partial charge in [-0.05, 0) is 6.07 Å². The Bertz CT molecular complexity index is 286. The van der Waals surface area contributed by atoms with Crippen molar-refractivity contribution in [3.63, 3.8) is 0 Å². The third-order valence-corrected chi connectivity index (χ3v) is 1.60. The minimum Gasteiger partial charge on any atom is -0.375 e. The summed E-state index contributed by atoms with van der Waals surface area (Å²) in [6.45, 7) is -0.384. The number of hydrogen-bond acceptors (Lipinski definition) is 3. The molecule has 1 aromatic heterocycles. The molecule has 0 bridgehead atoms. The Kier molecular flexibility index (Phi) is 4.69. The summed E-state index contributed by atoms with van der Waals surface area (Å²) in [5.41, 5.74) is 0. The van der Waals surface area contributed by atoms with E-state index in [1.54, 1.807) is 6.07 Å². The van der Waals surface area contributed by atoms with Gasteiger partial charge in [0.1, 0.15) is 17.6 Å². The lowest BCUT2D eigenvalue weighted by Crippen LogP contribution is -2.08. The van der Waals surface area contributed by atoms with Gasteiger partial charge in [-0.2, -0.15) is 0 Å². The number of nitrogens with zero attached hydrogens (tertiary/aromatic N) is 2. The fourth-order valence-corrected chi connectivity index (χ4v) is 0.984. The zero-order chi connectivity index (χ0) is 10.4. The molecule has 0 radical (unpaired) electrons. The monoisotopic (exact) mass is 222 g/mol. The minimum atomic E-state index is -2.43. The molecule has 0 aromatic carbocycles. The highest BCUT2D eigenvalue weighted by molar-refractivity contribution is 6.29. The number of halogens is 3. The SMILES string of the molecule is FC(F)COCCc1nccc(Cl)n1. The van der Waals surface area contributed by atoms with Gasteiger partial charge >= 0.3 is 0 Å². The van der Waals surface area contributed by atoms with E-state index in [1.165, 1.54) is 6.20 Å². The molecule has 0 aliphatic rings. The molecule has 0 spiro atoms. The molecule has 1 aromatic rings. The highest BCUT2D eigenvalue weighted by atomic mass is 35.5. The number of hydrogen-bond donors (Lipinski definition) is 0. The maximum atomic E-state index is 11.6. The Balaban J connectivity index is 2.25. The molecule has 0 saturated heterocycles. The van der Waals surface area contributed by atoms with Gasteiger partial charge in [0.15, 0.2) is 0 Å². The first kappa shape index (κ1) is 11.3. The Morgan fingerprint density at radius 2 is 2.29 bits per heavy atom. The Labute approximate surface area is 85.1 Å². The normalized spacial score (nSPS) is 10.9. The summed E-state index contributed by atoms with van der Waals surface area (Å²) >= 11 is 5.60. The molecule has 6 heteroatoms. The molecular formula is C8H9ClF2N2O. The van der Waals surface area contributed by atoms with E-state index in [4.69, 9.17) is 11.6 Å². The highest BCUT2D eigenvalue weighted by Crippen LogP contribution is 2.02. The summed E-state index contributed by atoms with van der Waals surface area (Å²) in [5, 5.41) is 0.337. The van der Waals surface area contributed by atoms with Gasteiger partial charge in [0.2, 0.25) is 0 Å². The van der Waals surface area contributed by atoms with E-state index in [2.05, 4.69) is 14.7 Å². The smallest absolute Gasteiger partial charge is 0.261 e. The van der Waals surface area contributed by atoms with Gasteiger partial charge in [-0.15, -0.1) is 0 Å². The third kappa shape index (κ3) is 4.43. The zero-order valence-electron chi connectivity index (χ0n) is 7.29. The molecule has 0 amide bonds. The van der Waals surface area contributed by atoms with Crippen molar-refractivity contribution < 1.29 is 13.5 Å². The standard InChI is InChI=1S/C8H9ClF2N2O/c9-6-1-3-12-8(13-6)2-4-14-5-7(10)11/h1,3,7H,2,4-5H2. The van der Waals surface area contributed by atoms with E-state index < -0.39 is 13.0 Å². The maximum Gasteiger partial charge on any atom is 0.261 e. The molecule has 1 heterocycles. The first-order valence-corrected chi connectivity index (χ1v) is 4.39. The van der Waals surface area contributed by atoms with Crippen LogP contribution >= 0.6 is 11.6 Å². The van der Waals surface area contributed by atoms with Crippen molar-refractivity contribution in [1.82, 2.24) is 9.97 Å². The lowest BCUT2D eigenvalue weighted by Gasteiger charge is -2.02. The van der Waals surface area contributed by atoms with Crippen molar-refractivity contribution in [3.05, 3.63) is 23.2 Å².